The van der Waals surface area contributed by atoms with Crippen molar-refractivity contribution in [3.8, 4) is 11.3 Å². The van der Waals surface area contributed by atoms with Crippen LogP contribution in [0.3, 0.4) is 0 Å². The molecule has 0 aliphatic rings. The van der Waals surface area contributed by atoms with E-state index in [1.165, 1.54) is 12.1 Å². The van der Waals surface area contributed by atoms with Gasteiger partial charge in [-0.05, 0) is 48.5 Å². The highest BCUT2D eigenvalue weighted by Crippen LogP contribution is 2.21. The zero-order chi connectivity index (χ0) is 17.8. The van der Waals surface area contributed by atoms with Gasteiger partial charge in [0.05, 0.1) is 5.56 Å². The largest absolute Gasteiger partial charge is 0.455 e. The standard InChI is InChI=1S/C19H17FN2O3/c1-22(2)17-9-5-14(6-10-17)19(23)24-12-16-11-18(25-21-16)13-3-7-15(20)8-4-13/h3-11H,12H2,1-2H3. The highest BCUT2D eigenvalue weighted by molar-refractivity contribution is 5.89. The van der Waals surface area contributed by atoms with Crippen molar-refractivity contribution in [1.29, 1.82) is 0 Å². The van der Waals surface area contributed by atoms with Crippen LogP contribution in [0.1, 0.15) is 16.1 Å². The molecule has 3 rings (SSSR count). The molecule has 0 aliphatic carbocycles. The van der Waals surface area contributed by atoms with Gasteiger partial charge in [0.25, 0.3) is 0 Å². The predicted molar refractivity (Wildman–Crippen MR) is 91.8 cm³/mol. The first-order valence-corrected chi connectivity index (χ1v) is 7.69. The minimum absolute atomic E-state index is 0.00103. The Morgan fingerprint density at radius 1 is 1.12 bits per heavy atom. The van der Waals surface area contributed by atoms with Crippen molar-refractivity contribution in [3.05, 3.63) is 71.7 Å². The van der Waals surface area contributed by atoms with Gasteiger partial charge in [-0.1, -0.05) is 5.16 Å². The Bertz CT molecular complexity index is 855. The summed E-state index contributed by atoms with van der Waals surface area (Å²) in [6.07, 6.45) is 0. The van der Waals surface area contributed by atoms with Crippen LogP contribution in [0.15, 0.2) is 59.1 Å². The molecule has 6 heteroatoms. The summed E-state index contributed by atoms with van der Waals surface area (Å²) in [7, 11) is 3.85. The number of ether oxygens (including phenoxy) is 1. The molecule has 1 aromatic heterocycles. The van der Waals surface area contributed by atoms with Crippen molar-refractivity contribution in [2.24, 2.45) is 0 Å². The molecule has 0 fully saturated rings. The summed E-state index contributed by atoms with van der Waals surface area (Å²) in [5.41, 5.74) is 2.65. The predicted octanol–water partition coefficient (Wildman–Crippen LogP) is 3.90. The molecule has 0 unspecified atom stereocenters. The normalized spacial score (nSPS) is 10.5. The number of hydrogen-bond acceptors (Lipinski definition) is 5. The second-order valence-corrected chi connectivity index (χ2v) is 5.71. The molecule has 0 radical (unpaired) electrons. The maximum Gasteiger partial charge on any atom is 0.338 e. The van der Waals surface area contributed by atoms with Crippen molar-refractivity contribution in [1.82, 2.24) is 5.16 Å². The first-order valence-electron chi connectivity index (χ1n) is 7.69. The average molecular weight is 340 g/mol. The fraction of sp³-hybridized carbons (Fsp3) is 0.158. The van der Waals surface area contributed by atoms with Crippen LogP contribution in [0.5, 0.6) is 0 Å². The molecule has 0 spiro atoms. The van der Waals surface area contributed by atoms with Crippen LogP contribution < -0.4 is 4.90 Å². The lowest BCUT2D eigenvalue weighted by molar-refractivity contribution is 0.0464. The maximum absolute atomic E-state index is 12.9. The summed E-state index contributed by atoms with van der Waals surface area (Å²) < 4.78 is 23.4. The van der Waals surface area contributed by atoms with Gasteiger partial charge >= 0.3 is 5.97 Å². The number of anilines is 1. The Hall–Kier alpha value is -3.15. The van der Waals surface area contributed by atoms with E-state index in [1.807, 2.05) is 31.1 Å². The van der Waals surface area contributed by atoms with Crippen molar-refractivity contribution >= 4 is 11.7 Å². The second kappa shape index (κ2) is 7.17. The van der Waals surface area contributed by atoms with Crippen LogP contribution in [-0.2, 0) is 11.3 Å². The zero-order valence-electron chi connectivity index (χ0n) is 13.9. The molecule has 0 saturated carbocycles. The number of rotatable bonds is 5. The van der Waals surface area contributed by atoms with Crippen LogP contribution in [0.2, 0.25) is 0 Å². The number of esters is 1. The number of nitrogens with zero attached hydrogens (tertiary/aromatic N) is 2. The monoisotopic (exact) mass is 340 g/mol. The Balaban J connectivity index is 1.61. The van der Waals surface area contributed by atoms with E-state index in [0.29, 0.717) is 22.6 Å². The molecule has 0 atom stereocenters. The van der Waals surface area contributed by atoms with Crippen LogP contribution in [0.25, 0.3) is 11.3 Å². The number of benzene rings is 2. The van der Waals surface area contributed by atoms with E-state index in [4.69, 9.17) is 9.26 Å². The van der Waals surface area contributed by atoms with E-state index >= 15 is 0 Å². The van der Waals surface area contributed by atoms with Gasteiger partial charge in [0.1, 0.15) is 18.1 Å². The molecule has 25 heavy (non-hydrogen) atoms. The molecule has 0 amide bonds. The molecule has 128 valence electrons. The Morgan fingerprint density at radius 2 is 1.80 bits per heavy atom. The molecule has 0 N–H and O–H groups in total. The molecule has 3 aromatic rings. The lowest BCUT2D eigenvalue weighted by atomic mass is 10.1. The maximum atomic E-state index is 12.9. The van der Waals surface area contributed by atoms with Gasteiger partial charge in [0.2, 0.25) is 0 Å². The lowest BCUT2D eigenvalue weighted by Crippen LogP contribution is -2.09. The van der Waals surface area contributed by atoms with Gasteiger partial charge in [-0.2, -0.15) is 0 Å². The first kappa shape index (κ1) is 16.7. The highest BCUT2D eigenvalue weighted by Gasteiger charge is 2.11. The minimum Gasteiger partial charge on any atom is -0.455 e. The number of carbonyl (C=O) groups excluding carboxylic acids is 1. The number of aromatic nitrogens is 1. The molecule has 5 nitrogen and oxygen atoms in total. The quantitative estimate of drug-likeness (QED) is 0.659. The third-order valence-electron chi connectivity index (χ3n) is 3.66. The van der Waals surface area contributed by atoms with Crippen molar-refractivity contribution in [3.63, 3.8) is 0 Å². The van der Waals surface area contributed by atoms with E-state index in [2.05, 4.69) is 5.16 Å². The van der Waals surface area contributed by atoms with Crippen LogP contribution in [0, 0.1) is 5.82 Å². The summed E-state index contributed by atoms with van der Waals surface area (Å²) in [6.45, 7) is -0.00103. The highest BCUT2D eigenvalue weighted by atomic mass is 19.1. The zero-order valence-corrected chi connectivity index (χ0v) is 13.9. The molecular formula is C19H17FN2O3. The summed E-state index contributed by atoms with van der Waals surface area (Å²) in [5, 5.41) is 3.87. The van der Waals surface area contributed by atoms with Gasteiger partial charge < -0.3 is 14.2 Å². The number of carbonyl (C=O) groups is 1. The Labute approximate surface area is 144 Å². The Kier molecular flexibility index (Phi) is 4.79. The van der Waals surface area contributed by atoms with E-state index in [1.54, 1.807) is 30.3 Å². The first-order chi connectivity index (χ1) is 12.0. The molecular weight excluding hydrogens is 323 g/mol. The lowest BCUT2D eigenvalue weighted by Gasteiger charge is -2.12. The minimum atomic E-state index is -0.434. The topological polar surface area (TPSA) is 55.6 Å². The second-order valence-electron chi connectivity index (χ2n) is 5.71. The van der Waals surface area contributed by atoms with Gasteiger partial charge in [-0.15, -0.1) is 0 Å². The van der Waals surface area contributed by atoms with Gasteiger partial charge in [-0.25, -0.2) is 9.18 Å². The van der Waals surface area contributed by atoms with Crippen LogP contribution >= 0.6 is 0 Å². The molecule has 1 heterocycles. The summed E-state index contributed by atoms with van der Waals surface area (Å²) in [6, 6.07) is 14.7. The SMILES string of the molecule is CN(C)c1ccc(C(=O)OCc2cc(-c3ccc(F)cc3)on2)cc1. The summed E-state index contributed by atoms with van der Waals surface area (Å²) >= 11 is 0. The van der Waals surface area contributed by atoms with E-state index in [-0.39, 0.29) is 12.4 Å². The fourth-order valence-corrected chi connectivity index (χ4v) is 2.25. The molecule has 0 aliphatic heterocycles. The number of halogens is 1. The smallest absolute Gasteiger partial charge is 0.338 e. The van der Waals surface area contributed by atoms with E-state index in [9.17, 15) is 9.18 Å². The average Bonchev–Trinajstić information content (AvgIpc) is 3.09. The summed E-state index contributed by atoms with van der Waals surface area (Å²) in [5.74, 6) is -0.268. The number of hydrogen-bond donors (Lipinski definition) is 0. The van der Waals surface area contributed by atoms with Gasteiger partial charge in [0, 0.05) is 31.4 Å². The van der Waals surface area contributed by atoms with Crippen LogP contribution in [0.4, 0.5) is 10.1 Å². The summed E-state index contributed by atoms with van der Waals surface area (Å²) in [4.78, 5) is 14.0. The third kappa shape index (κ3) is 4.03. The molecule has 0 bridgehead atoms. The molecule has 2 aromatic carbocycles. The van der Waals surface area contributed by atoms with Crippen molar-refractivity contribution < 1.29 is 18.4 Å². The Morgan fingerprint density at radius 3 is 2.44 bits per heavy atom. The van der Waals surface area contributed by atoms with Gasteiger partial charge in [0.15, 0.2) is 5.76 Å². The fourth-order valence-electron chi connectivity index (χ4n) is 2.25. The van der Waals surface area contributed by atoms with E-state index < -0.39 is 5.97 Å². The molecule has 0 saturated heterocycles. The van der Waals surface area contributed by atoms with E-state index in [0.717, 1.165) is 5.69 Å². The van der Waals surface area contributed by atoms with Crippen LogP contribution in [-0.4, -0.2) is 25.2 Å². The van der Waals surface area contributed by atoms with Crippen molar-refractivity contribution in [2.45, 2.75) is 6.61 Å². The van der Waals surface area contributed by atoms with Crippen molar-refractivity contribution in [2.75, 3.05) is 19.0 Å². The third-order valence-corrected chi connectivity index (χ3v) is 3.66. The van der Waals surface area contributed by atoms with Gasteiger partial charge in [-0.3, -0.25) is 0 Å².